The molecule has 0 unspecified atom stereocenters. The topological polar surface area (TPSA) is 77.8 Å². The number of benzene rings is 2. The van der Waals surface area contributed by atoms with Gasteiger partial charge >= 0.3 is 0 Å². The van der Waals surface area contributed by atoms with Crippen molar-refractivity contribution in [2.75, 3.05) is 12.4 Å². The third-order valence-corrected chi connectivity index (χ3v) is 5.68. The van der Waals surface area contributed by atoms with Crippen LogP contribution >= 0.6 is 0 Å². The first kappa shape index (κ1) is 20.1. The molecule has 1 amide bonds. The molecule has 1 N–H and O–H groups in total. The summed E-state index contributed by atoms with van der Waals surface area (Å²) < 4.78 is 13.4. The zero-order valence-electron chi connectivity index (χ0n) is 17.8. The fourth-order valence-corrected chi connectivity index (χ4v) is 4.06. The monoisotopic (exact) mass is 428 g/mol. The SMILES string of the molecule is COc1ccc(-c2ccnc3cc(C(=O)Nc4ccccc4)nn23)cc1OC1CCCC1. The van der Waals surface area contributed by atoms with E-state index in [0.29, 0.717) is 22.8 Å². The van der Waals surface area contributed by atoms with Gasteiger partial charge < -0.3 is 14.8 Å². The van der Waals surface area contributed by atoms with Crippen molar-refractivity contribution in [2.24, 2.45) is 0 Å². The summed E-state index contributed by atoms with van der Waals surface area (Å²) in [6.07, 6.45) is 6.44. The minimum atomic E-state index is -0.285. The van der Waals surface area contributed by atoms with E-state index in [0.717, 1.165) is 29.8 Å². The number of anilines is 1. The number of para-hydroxylation sites is 1. The summed E-state index contributed by atoms with van der Waals surface area (Å²) in [5.41, 5.74) is 3.32. The van der Waals surface area contributed by atoms with E-state index in [1.165, 1.54) is 12.8 Å². The first-order valence-corrected chi connectivity index (χ1v) is 10.8. The van der Waals surface area contributed by atoms with Gasteiger partial charge in [0.2, 0.25) is 0 Å². The first-order chi connectivity index (χ1) is 15.7. The molecule has 0 saturated heterocycles. The highest BCUT2D eigenvalue weighted by atomic mass is 16.5. The molecule has 32 heavy (non-hydrogen) atoms. The van der Waals surface area contributed by atoms with E-state index in [-0.39, 0.29) is 12.0 Å². The van der Waals surface area contributed by atoms with Crippen LogP contribution in [0.4, 0.5) is 5.69 Å². The molecule has 1 fully saturated rings. The number of nitrogens with one attached hydrogen (secondary N) is 1. The minimum absolute atomic E-state index is 0.217. The van der Waals surface area contributed by atoms with E-state index >= 15 is 0 Å². The average molecular weight is 428 g/mol. The number of ether oxygens (including phenoxy) is 2. The number of amides is 1. The summed E-state index contributed by atoms with van der Waals surface area (Å²) in [5.74, 6) is 1.14. The predicted molar refractivity (Wildman–Crippen MR) is 122 cm³/mol. The van der Waals surface area contributed by atoms with Gasteiger partial charge in [0.1, 0.15) is 0 Å². The number of hydrogen-bond donors (Lipinski definition) is 1. The molecule has 0 atom stereocenters. The second-order valence-corrected chi connectivity index (χ2v) is 7.84. The number of carbonyl (C=O) groups is 1. The van der Waals surface area contributed by atoms with E-state index in [1.54, 1.807) is 23.9 Å². The van der Waals surface area contributed by atoms with Gasteiger partial charge in [-0.25, -0.2) is 9.50 Å². The Hall–Kier alpha value is -3.87. The first-order valence-electron chi connectivity index (χ1n) is 10.8. The molecule has 162 valence electrons. The molecule has 0 bridgehead atoms. The largest absolute Gasteiger partial charge is 0.493 e. The lowest BCUT2D eigenvalue weighted by Crippen LogP contribution is -2.12. The Morgan fingerprint density at radius 3 is 2.62 bits per heavy atom. The highest BCUT2D eigenvalue weighted by Crippen LogP contribution is 2.35. The summed E-state index contributed by atoms with van der Waals surface area (Å²) >= 11 is 0. The maximum atomic E-state index is 12.7. The van der Waals surface area contributed by atoms with Crippen LogP contribution in [0, 0.1) is 0 Å². The third kappa shape index (κ3) is 4.01. The molecular formula is C25H24N4O3. The lowest BCUT2D eigenvalue weighted by molar-refractivity contribution is 0.102. The molecule has 2 aromatic carbocycles. The van der Waals surface area contributed by atoms with Crippen molar-refractivity contribution in [3.63, 3.8) is 0 Å². The Bertz CT molecular complexity index is 1250. The van der Waals surface area contributed by atoms with Crippen LogP contribution in [0.2, 0.25) is 0 Å². The molecule has 2 aromatic heterocycles. The van der Waals surface area contributed by atoms with E-state index < -0.39 is 0 Å². The number of fused-ring (bicyclic) bond motifs is 1. The number of rotatable bonds is 6. The van der Waals surface area contributed by atoms with E-state index in [4.69, 9.17) is 9.47 Å². The fraction of sp³-hybridized carbons (Fsp3) is 0.240. The smallest absolute Gasteiger partial charge is 0.276 e. The normalized spacial score (nSPS) is 13.9. The Kier molecular flexibility index (Phi) is 5.46. The number of aromatic nitrogens is 3. The highest BCUT2D eigenvalue weighted by Gasteiger charge is 2.20. The Morgan fingerprint density at radius 1 is 1.03 bits per heavy atom. The van der Waals surface area contributed by atoms with E-state index in [2.05, 4.69) is 15.4 Å². The highest BCUT2D eigenvalue weighted by molar-refractivity contribution is 6.03. The molecule has 7 heteroatoms. The van der Waals surface area contributed by atoms with Crippen LogP contribution in [0.1, 0.15) is 36.2 Å². The van der Waals surface area contributed by atoms with Crippen LogP contribution < -0.4 is 14.8 Å². The standard InChI is InChI=1S/C25H24N4O3/c1-31-22-12-11-17(15-23(22)32-19-9-5-6-10-19)21-13-14-26-24-16-20(28-29(21)24)25(30)27-18-7-3-2-4-8-18/h2-4,7-8,11-16,19H,5-6,9-10H2,1H3,(H,27,30). The lowest BCUT2D eigenvalue weighted by Gasteiger charge is -2.17. The van der Waals surface area contributed by atoms with Crippen LogP contribution in [0.25, 0.3) is 16.9 Å². The van der Waals surface area contributed by atoms with Crippen LogP contribution in [0.5, 0.6) is 11.5 Å². The van der Waals surface area contributed by atoms with Gasteiger partial charge in [0.05, 0.1) is 18.9 Å². The predicted octanol–water partition coefficient (Wildman–Crippen LogP) is 4.98. The van der Waals surface area contributed by atoms with Crippen molar-refractivity contribution in [1.29, 1.82) is 0 Å². The number of nitrogens with zero attached hydrogens (tertiary/aromatic N) is 3. The molecule has 0 spiro atoms. The van der Waals surface area contributed by atoms with Gasteiger partial charge in [0.25, 0.3) is 5.91 Å². The summed E-state index contributed by atoms with van der Waals surface area (Å²) in [6.45, 7) is 0. The molecule has 5 rings (SSSR count). The van der Waals surface area contributed by atoms with Crippen LogP contribution in [-0.2, 0) is 0 Å². The average Bonchev–Trinajstić information content (AvgIpc) is 3.49. The van der Waals surface area contributed by atoms with E-state index in [9.17, 15) is 4.79 Å². The second kappa shape index (κ2) is 8.70. The minimum Gasteiger partial charge on any atom is -0.493 e. The molecule has 1 aliphatic carbocycles. The van der Waals surface area contributed by atoms with Crippen LogP contribution in [-0.4, -0.2) is 33.7 Å². The van der Waals surface area contributed by atoms with Crippen molar-refractivity contribution < 1.29 is 14.3 Å². The number of methoxy groups -OCH3 is 1. The Labute approximate surface area is 186 Å². The number of carbonyl (C=O) groups excluding carboxylic acids is 1. The molecule has 4 aromatic rings. The molecule has 1 aliphatic rings. The van der Waals surface area contributed by atoms with Crippen molar-refractivity contribution >= 4 is 17.2 Å². The molecule has 7 nitrogen and oxygen atoms in total. The molecule has 2 heterocycles. The van der Waals surface area contributed by atoms with Crippen LogP contribution in [0.15, 0.2) is 66.9 Å². The third-order valence-electron chi connectivity index (χ3n) is 5.68. The zero-order chi connectivity index (χ0) is 21.9. The van der Waals surface area contributed by atoms with Crippen LogP contribution in [0.3, 0.4) is 0 Å². The van der Waals surface area contributed by atoms with Crippen molar-refractivity contribution in [2.45, 2.75) is 31.8 Å². The molecule has 0 radical (unpaired) electrons. The summed E-state index contributed by atoms with van der Waals surface area (Å²) in [5, 5.41) is 7.39. The maximum Gasteiger partial charge on any atom is 0.276 e. The van der Waals surface area contributed by atoms with Gasteiger partial charge in [-0.3, -0.25) is 4.79 Å². The van der Waals surface area contributed by atoms with Gasteiger partial charge in [0.15, 0.2) is 22.8 Å². The van der Waals surface area contributed by atoms with Gasteiger partial charge in [-0.15, -0.1) is 0 Å². The molecule has 0 aliphatic heterocycles. The zero-order valence-corrected chi connectivity index (χ0v) is 17.8. The van der Waals surface area contributed by atoms with Crippen molar-refractivity contribution in [3.05, 3.63) is 72.6 Å². The number of hydrogen-bond acceptors (Lipinski definition) is 5. The quantitative estimate of drug-likeness (QED) is 0.469. The van der Waals surface area contributed by atoms with Crippen molar-refractivity contribution in [3.8, 4) is 22.8 Å². The van der Waals surface area contributed by atoms with E-state index in [1.807, 2.05) is 54.6 Å². The Morgan fingerprint density at radius 2 is 1.84 bits per heavy atom. The second-order valence-electron chi connectivity index (χ2n) is 7.84. The van der Waals surface area contributed by atoms with Gasteiger partial charge in [-0.05, 0) is 62.1 Å². The van der Waals surface area contributed by atoms with Gasteiger partial charge in [0, 0.05) is 23.5 Å². The Balaban J connectivity index is 1.48. The fourth-order valence-electron chi connectivity index (χ4n) is 4.06. The maximum absolute atomic E-state index is 12.7. The lowest BCUT2D eigenvalue weighted by atomic mass is 10.1. The summed E-state index contributed by atoms with van der Waals surface area (Å²) in [7, 11) is 1.65. The van der Waals surface area contributed by atoms with Crippen molar-refractivity contribution in [1.82, 2.24) is 14.6 Å². The summed E-state index contributed by atoms with van der Waals surface area (Å²) in [6, 6.07) is 18.7. The molecular weight excluding hydrogens is 404 g/mol. The van der Waals surface area contributed by atoms with Gasteiger partial charge in [-0.1, -0.05) is 18.2 Å². The molecule has 1 saturated carbocycles. The summed E-state index contributed by atoms with van der Waals surface area (Å²) in [4.78, 5) is 17.1. The van der Waals surface area contributed by atoms with Gasteiger partial charge in [-0.2, -0.15) is 5.10 Å².